The fraction of sp³-hybridized carbons (Fsp3) is 0.857. The highest BCUT2D eigenvalue weighted by Gasteiger charge is 2.20. The first-order chi connectivity index (χ1) is 20.2. The number of nitrogens with zero attached hydrogens (tertiary/aromatic N) is 4. The minimum atomic E-state index is -0.964. The van der Waals surface area contributed by atoms with Gasteiger partial charge in [0.15, 0.2) is 0 Å². The number of carbonyl (C=O) groups is 4. The zero-order chi connectivity index (χ0) is 30.6. The van der Waals surface area contributed by atoms with Gasteiger partial charge >= 0.3 is 17.9 Å². The van der Waals surface area contributed by atoms with Gasteiger partial charge in [0, 0.05) is 76.3 Å². The molecule has 42 heavy (non-hydrogen) atoms. The van der Waals surface area contributed by atoms with Gasteiger partial charge in [0.05, 0.1) is 19.6 Å². The van der Waals surface area contributed by atoms with Gasteiger partial charge in [-0.25, -0.2) is 0 Å². The predicted octanol–water partition coefficient (Wildman–Crippen LogP) is 1.85. The van der Waals surface area contributed by atoms with Crippen LogP contribution in [0.2, 0.25) is 0 Å². The minimum absolute atomic E-state index is 0.107. The number of rotatable bonds is 18. The molecule has 2 heterocycles. The van der Waals surface area contributed by atoms with Gasteiger partial charge in [-0.05, 0) is 38.6 Å². The summed E-state index contributed by atoms with van der Waals surface area (Å²) in [5, 5.41) is 31.8. The second kappa shape index (κ2) is 22.0. The number of unbranched alkanes of at least 4 members (excludes halogenated alkanes) is 4. The molecule has 14 heteroatoms. The predicted molar refractivity (Wildman–Crippen MR) is 167 cm³/mol. The highest BCUT2D eigenvalue weighted by atomic mass is 33.1. The monoisotopic (exact) mass is 633 g/mol. The number of carboxylic acid groups (broad SMARTS) is 3. The van der Waals surface area contributed by atoms with Gasteiger partial charge in [-0.1, -0.05) is 40.9 Å². The van der Waals surface area contributed by atoms with Crippen LogP contribution in [-0.2, 0) is 19.2 Å². The number of aliphatic carboxylic acids is 3. The van der Waals surface area contributed by atoms with Crippen molar-refractivity contribution in [2.75, 3.05) is 90.8 Å². The van der Waals surface area contributed by atoms with Crippen molar-refractivity contribution in [2.24, 2.45) is 0 Å². The lowest BCUT2D eigenvalue weighted by Crippen LogP contribution is -2.48. The number of nitrogens with one attached hydrogen (secondary N) is 1. The van der Waals surface area contributed by atoms with Gasteiger partial charge in [0.2, 0.25) is 5.91 Å². The van der Waals surface area contributed by atoms with Gasteiger partial charge in [-0.3, -0.25) is 33.9 Å². The van der Waals surface area contributed by atoms with Crippen LogP contribution in [0, 0.1) is 0 Å². The smallest absolute Gasteiger partial charge is 0.317 e. The molecule has 2 aliphatic heterocycles. The van der Waals surface area contributed by atoms with Crippen molar-refractivity contribution in [2.45, 2.75) is 63.0 Å². The van der Waals surface area contributed by atoms with Gasteiger partial charge in [0.1, 0.15) is 0 Å². The maximum absolute atomic E-state index is 12.1. The summed E-state index contributed by atoms with van der Waals surface area (Å²) in [6, 6.07) is 0. The van der Waals surface area contributed by atoms with E-state index in [2.05, 4.69) is 10.2 Å². The van der Waals surface area contributed by atoms with E-state index < -0.39 is 17.9 Å². The van der Waals surface area contributed by atoms with Crippen molar-refractivity contribution in [1.82, 2.24) is 24.9 Å². The first-order valence-electron chi connectivity index (χ1n) is 15.3. The van der Waals surface area contributed by atoms with Crippen molar-refractivity contribution < 1.29 is 34.5 Å². The average Bonchev–Trinajstić information content (AvgIpc) is 3.44. The Morgan fingerprint density at radius 3 is 1.62 bits per heavy atom. The maximum atomic E-state index is 12.1. The summed E-state index contributed by atoms with van der Waals surface area (Å²) in [4.78, 5) is 54.0. The molecule has 0 spiro atoms. The summed E-state index contributed by atoms with van der Waals surface area (Å²) >= 11 is 0. The molecule has 1 unspecified atom stereocenters. The molecule has 4 N–H and O–H groups in total. The van der Waals surface area contributed by atoms with E-state index in [1.165, 1.54) is 18.6 Å². The molecule has 242 valence electrons. The third-order valence-electron chi connectivity index (χ3n) is 7.64. The molecule has 2 aliphatic rings. The van der Waals surface area contributed by atoms with Crippen LogP contribution in [0.1, 0.15) is 57.8 Å². The lowest BCUT2D eigenvalue weighted by Gasteiger charge is -2.33. The lowest BCUT2D eigenvalue weighted by atomic mass is 10.1. The Kier molecular flexibility index (Phi) is 19.2. The average molecular weight is 634 g/mol. The summed E-state index contributed by atoms with van der Waals surface area (Å²) < 4.78 is 0. The molecule has 0 aromatic rings. The SMILES string of the molecule is O=C(O)CN1CCN(CCCCCCNC(=O)CCCCC2CCSS2)CCN(CC(=O)O)CCN(CC(=O)O)CC1. The number of hydrogen-bond acceptors (Lipinski definition) is 10. The van der Waals surface area contributed by atoms with Crippen LogP contribution in [0.5, 0.6) is 0 Å². The van der Waals surface area contributed by atoms with E-state index in [1.54, 1.807) is 4.90 Å². The van der Waals surface area contributed by atoms with Crippen LogP contribution >= 0.6 is 21.6 Å². The first-order valence-corrected chi connectivity index (χ1v) is 17.7. The molecule has 1 amide bonds. The Hall–Kier alpha value is -1.58. The Bertz CT molecular complexity index is 788. The Labute approximate surface area is 258 Å². The van der Waals surface area contributed by atoms with Crippen LogP contribution in [0.25, 0.3) is 0 Å². The fourth-order valence-corrected chi connectivity index (χ4v) is 8.23. The number of hydrogen-bond donors (Lipinski definition) is 4. The van der Waals surface area contributed by atoms with Gasteiger partial charge in [0.25, 0.3) is 0 Å². The van der Waals surface area contributed by atoms with Crippen molar-refractivity contribution >= 4 is 45.4 Å². The molecule has 2 rings (SSSR count). The first kappa shape index (κ1) is 36.6. The van der Waals surface area contributed by atoms with Gasteiger partial charge < -0.3 is 25.5 Å². The normalized spacial score (nSPS) is 20.5. The zero-order valence-electron chi connectivity index (χ0n) is 24.9. The molecule has 2 fully saturated rings. The maximum Gasteiger partial charge on any atom is 0.317 e. The summed E-state index contributed by atoms with van der Waals surface area (Å²) in [5.41, 5.74) is 0. The third kappa shape index (κ3) is 18.2. The summed E-state index contributed by atoms with van der Waals surface area (Å²) in [6.07, 6.45) is 9.12. The largest absolute Gasteiger partial charge is 0.480 e. The van der Waals surface area contributed by atoms with Crippen LogP contribution < -0.4 is 5.32 Å². The van der Waals surface area contributed by atoms with E-state index in [0.717, 1.165) is 50.3 Å². The molecule has 12 nitrogen and oxygen atoms in total. The Morgan fingerprint density at radius 1 is 0.643 bits per heavy atom. The molecule has 0 radical (unpaired) electrons. The molecule has 0 bridgehead atoms. The molecule has 0 aromatic carbocycles. The Morgan fingerprint density at radius 2 is 1.14 bits per heavy atom. The molecular weight excluding hydrogens is 582 g/mol. The third-order valence-corrected chi connectivity index (χ3v) is 10.6. The van der Waals surface area contributed by atoms with E-state index in [-0.39, 0.29) is 25.5 Å². The van der Waals surface area contributed by atoms with E-state index >= 15 is 0 Å². The van der Waals surface area contributed by atoms with Crippen LogP contribution in [0.4, 0.5) is 0 Å². The number of amides is 1. The minimum Gasteiger partial charge on any atom is -0.480 e. The fourth-order valence-electron chi connectivity index (χ4n) is 5.20. The second-order valence-corrected chi connectivity index (χ2v) is 14.0. The molecule has 0 aromatic heterocycles. The lowest BCUT2D eigenvalue weighted by molar-refractivity contribution is -0.140. The number of carboxylic acids is 3. The molecule has 2 saturated heterocycles. The van der Waals surface area contributed by atoms with Crippen LogP contribution in [0.15, 0.2) is 0 Å². The molecule has 0 saturated carbocycles. The van der Waals surface area contributed by atoms with Crippen LogP contribution in [0.3, 0.4) is 0 Å². The number of carbonyl (C=O) groups excluding carboxylic acids is 1. The van der Waals surface area contributed by atoms with Crippen molar-refractivity contribution in [3.8, 4) is 0 Å². The van der Waals surface area contributed by atoms with Gasteiger partial charge in [-0.15, -0.1) is 0 Å². The molecule has 1 atom stereocenters. The summed E-state index contributed by atoms with van der Waals surface area (Å²) in [6.45, 7) is 5.18. The highest BCUT2D eigenvalue weighted by molar-refractivity contribution is 8.77. The topological polar surface area (TPSA) is 154 Å². The highest BCUT2D eigenvalue weighted by Crippen LogP contribution is 2.39. The zero-order valence-corrected chi connectivity index (χ0v) is 26.6. The quantitative estimate of drug-likeness (QED) is 0.128. The summed E-state index contributed by atoms with van der Waals surface area (Å²) in [7, 11) is 3.95. The van der Waals surface area contributed by atoms with Gasteiger partial charge in [-0.2, -0.15) is 0 Å². The van der Waals surface area contributed by atoms with Crippen molar-refractivity contribution in [1.29, 1.82) is 0 Å². The van der Waals surface area contributed by atoms with Crippen molar-refractivity contribution in [3.63, 3.8) is 0 Å². The molecule has 0 aliphatic carbocycles. The van der Waals surface area contributed by atoms with Crippen LogP contribution in [-0.4, -0.2) is 155 Å². The molecular formula is C28H51N5O7S2. The Balaban J connectivity index is 1.72. The standard InChI is InChI=1S/C28H51N5O7S2/c34-25(8-4-3-7-24-9-20-41-42-24)29-10-5-1-2-6-11-30-12-14-31(21-26(35)36)16-18-33(23-28(39)40)19-17-32(15-13-30)22-27(37)38/h24H,1-23H2,(H,29,34)(H,35,36)(H,37,38)(H,39,40). The van der Waals surface area contributed by atoms with E-state index in [4.69, 9.17) is 0 Å². The van der Waals surface area contributed by atoms with E-state index in [9.17, 15) is 34.5 Å². The van der Waals surface area contributed by atoms with E-state index in [1.807, 2.05) is 31.4 Å². The van der Waals surface area contributed by atoms with E-state index in [0.29, 0.717) is 65.3 Å². The summed E-state index contributed by atoms with van der Waals surface area (Å²) in [5.74, 6) is -1.40. The van der Waals surface area contributed by atoms with Crippen molar-refractivity contribution in [3.05, 3.63) is 0 Å². The second-order valence-electron chi connectivity index (χ2n) is 11.2.